The van der Waals surface area contributed by atoms with Gasteiger partial charge in [-0.25, -0.2) is 4.39 Å². The van der Waals surface area contributed by atoms with E-state index in [4.69, 9.17) is 21.1 Å². The molecule has 1 fully saturated rings. The first-order valence-electron chi connectivity index (χ1n) is 6.75. The molecule has 0 aliphatic carbocycles. The second-order valence-corrected chi connectivity index (χ2v) is 5.59. The molecular formula is C13H21ClFN3O2. The van der Waals surface area contributed by atoms with Gasteiger partial charge in [-0.2, -0.15) is 5.10 Å². The predicted octanol–water partition coefficient (Wildman–Crippen LogP) is 1.75. The van der Waals surface area contributed by atoms with Crippen molar-refractivity contribution in [3.63, 3.8) is 0 Å². The number of alkyl halides is 1. The quantitative estimate of drug-likeness (QED) is 0.870. The van der Waals surface area contributed by atoms with Crippen molar-refractivity contribution in [2.45, 2.75) is 31.6 Å². The van der Waals surface area contributed by atoms with Gasteiger partial charge in [0.15, 0.2) is 5.67 Å². The van der Waals surface area contributed by atoms with Crippen molar-refractivity contribution in [1.29, 1.82) is 0 Å². The summed E-state index contributed by atoms with van der Waals surface area (Å²) in [6.07, 6.45) is 1.78. The average Bonchev–Trinajstić information content (AvgIpc) is 2.79. The Bertz CT molecular complexity index is 433. The van der Waals surface area contributed by atoms with E-state index in [-0.39, 0.29) is 6.04 Å². The maximum Gasteiger partial charge on any atom is 0.152 e. The fourth-order valence-electron chi connectivity index (χ4n) is 2.54. The summed E-state index contributed by atoms with van der Waals surface area (Å²) in [4.78, 5) is 0. The molecule has 1 aromatic heterocycles. The number of aromatic nitrogens is 2. The molecule has 1 N–H and O–H groups in total. The summed E-state index contributed by atoms with van der Waals surface area (Å²) in [6, 6.07) is -0.0133. The first kappa shape index (κ1) is 15.7. The molecule has 0 spiro atoms. The first-order valence-corrected chi connectivity index (χ1v) is 7.13. The molecule has 2 unspecified atom stereocenters. The van der Waals surface area contributed by atoms with Crippen LogP contribution in [-0.4, -0.2) is 49.3 Å². The number of hydrogen-bond donors (Lipinski definition) is 1. The normalized spacial score (nSPS) is 22.7. The molecule has 1 aliphatic rings. The van der Waals surface area contributed by atoms with Crippen LogP contribution in [0.4, 0.5) is 4.39 Å². The van der Waals surface area contributed by atoms with Gasteiger partial charge < -0.3 is 14.8 Å². The van der Waals surface area contributed by atoms with Crippen molar-refractivity contribution in [2.75, 3.05) is 33.5 Å². The molecule has 0 amide bonds. The second-order valence-electron chi connectivity index (χ2n) is 5.18. The summed E-state index contributed by atoms with van der Waals surface area (Å²) in [5.74, 6) is 0. The molecule has 2 heterocycles. The molecule has 0 bridgehead atoms. The summed E-state index contributed by atoms with van der Waals surface area (Å²) in [5.41, 5.74) is -1.16. The summed E-state index contributed by atoms with van der Waals surface area (Å²) < 4.78 is 27.1. The molecule has 0 aromatic carbocycles. The van der Waals surface area contributed by atoms with E-state index in [9.17, 15) is 0 Å². The Balaban J connectivity index is 2.12. The summed E-state index contributed by atoms with van der Waals surface area (Å²) in [5, 5.41) is 7.73. The van der Waals surface area contributed by atoms with Gasteiger partial charge in [-0.3, -0.25) is 4.68 Å². The molecule has 0 saturated carbocycles. The summed E-state index contributed by atoms with van der Waals surface area (Å²) in [6.45, 7) is 4.42. The standard InChI is InChI=1S/C13H21ClFN3O2/c1-13(15,7-10-9-20-5-3-16-10)12-11(14)8-17-18(12)4-6-19-2/h8,10,16H,3-7,9H2,1-2H3. The molecule has 114 valence electrons. The molecule has 7 heteroatoms. The van der Waals surface area contributed by atoms with Crippen LogP contribution < -0.4 is 5.32 Å². The van der Waals surface area contributed by atoms with Gasteiger partial charge in [0, 0.05) is 26.1 Å². The lowest BCUT2D eigenvalue weighted by atomic mass is 9.94. The number of morpholine rings is 1. The van der Waals surface area contributed by atoms with E-state index in [1.54, 1.807) is 11.8 Å². The Hall–Kier alpha value is -0.690. The Morgan fingerprint density at radius 2 is 2.50 bits per heavy atom. The van der Waals surface area contributed by atoms with Gasteiger partial charge >= 0.3 is 0 Å². The van der Waals surface area contributed by atoms with Gasteiger partial charge in [-0.1, -0.05) is 11.6 Å². The highest BCUT2D eigenvalue weighted by Crippen LogP contribution is 2.35. The van der Waals surface area contributed by atoms with Crippen molar-refractivity contribution in [3.8, 4) is 0 Å². The van der Waals surface area contributed by atoms with Crippen LogP contribution in [0.25, 0.3) is 0 Å². The minimum Gasteiger partial charge on any atom is -0.383 e. The number of ether oxygens (including phenoxy) is 2. The van der Waals surface area contributed by atoms with Crippen LogP contribution in [0, 0.1) is 0 Å². The number of methoxy groups -OCH3 is 1. The fourth-order valence-corrected chi connectivity index (χ4v) is 2.88. The Labute approximate surface area is 123 Å². The highest BCUT2D eigenvalue weighted by atomic mass is 35.5. The van der Waals surface area contributed by atoms with E-state index in [1.165, 1.54) is 13.1 Å². The number of rotatable bonds is 6. The van der Waals surface area contributed by atoms with E-state index < -0.39 is 5.67 Å². The lowest BCUT2D eigenvalue weighted by Crippen LogP contribution is -2.44. The van der Waals surface area contributed by atoms with Gasteiger partial charge in [0.05, 0.1) is 43.3 Å². The van der Waals surface area contributed by atoms with E-state index >= 15 is 4.39 Å². The van der Waals surface area contributed by atoms with Crippen LogP contribution in [0.2, 0.25) is 5.02 Å². The van der Waals surface area contributed by atoms with E-state index in [0.717, 1.165) is 6.54 Å². The smallest absolute Gasteiger partial charge is 0.152 e. The number of hydrogen-bond acceptors (Lipinski definition) is 4. The zero-order chi connectivity index (χ0) is 14.6. The topological polar surface area (TPSA) is 48.3 Å². The van der Waals surface area contributed by atoms with Crippen LogP contribution in [0.5, 0.6) is 0 Å². The van der Waals surface area contributed by atoms with Crippen molar-refractivity contribution in [2.24, 2.45) is 0 Å². The molecule has 0 radical (unpaired) electrons. The van der Waals surface area contributed by atoms with Gasteiger partial charge in [0.2, 0.25) is 0 Å². The van der Waals surface area contributed by atoms with Crippen molar-refractivity contribution < 1.29 is 13.9 Å². The monoisotopic (exact) mass is 305 g/mol. The largest absolute Gasteiger partial charge is 0.383 e. The molecule has 2 atom stereocenters. The average molecular weight is 306 g/mol. The van der Waals surface area contributed by atoms with Crippen molar-refractivity contribution >= 4 is 11.6 Å². The van der Waals surface area contributed by atoms with Gasteiger partial charge in [-0.05, 0) is 6.92 Å². The highest BCUT2D eigenvalue weighted by Gasteiger charge is 2.36. The van der Waals surface area contributed by atoms with Gasteiger partial charge in [0.25, 0.3) is 0 Å². The SMILES string of the molecule is COCCn1ncc(Cl)c1C(C)(F)CC1COCCN1. The van der Waals surface area contributed by atoms with Crippen LogP contribution in [0.15, 0.2) is 6.20 Å². The van der Waals surface area contributed by atoms with Crippen molar-refractivity contribution in [1.82, 2.24) is 15.1 Å². The number of nitrogens with zero attached hydrogens (tertiary/aromatic N) is 2. The molecular weight excluding hydrogens is 285 g/mol. The Morgan fingerprint density at radius 1 is 1.70 bits per heavy atom. The lowest BCUT2D eigenvalue weighted by Gasteiger charge is -2.30. The molecule has 5 nitrogen and oxygen atoms in total. The third kappa shape index (κ3) is 3.69. The fraction of sp³-hybridized carbons (Fsp3) is 0.769. The highest BCUT2D eigenvalue weighted by molar-refractivity contribution is 6.31. The Morgan fingerprint density at radius 3 is 3.15 bits per heavy atom. The molecule has 1 saturated heterocycles. The summed E-state index contributed by atoms with van der Waals surface area (Å²) in [7, 11) is 1.60. The third-order valence-electron chi connectivity index (χ3n) is 3.42. The van der Waals surface area contributed by atoms with Crippen LogP contribution >= 0.6 is 11.6 Å². The minimum absolute atomic E-state index is 0.0133. The van der Waals surface area contributed by atoms with Gasteiger partial charge in [-0.15, -0.1) is 0 Å². The summed E-state index contributed by atoms with van der Waals surface area (Å²) >= 11 is 6.11. The van der Waals surface area contributed by atoms with Gasteiger partial charge in [0.1, 0.15) is 0 Å². The van der Waals surface area contributed by atoms with Crippen molar-refractivity contribution in [3.05, 3.63) is 16.9 Å². The van der Waals surface area contributed by atoms with Crippen LogP contribution in [-0.2, 0) is 21.7 Å². The van der Waals surface area contributed by atoms with Crippen LogP contribution in [0.1, 0.15) is 19.0 Å². The van der Waals surface area contributed by atoms with E-state index in [0.29, 0.717) is 43.5 Å². The first-order chi connectivity index (χ1) is 9.54. The molecule has 2 rings (SSSR count). The molecule has 20 heavy (non-hydrogen) atoms. The lowest BCUT2D eigenvalue weighted by molar-refractivity contribution is 0.0444. The van der Waals surface area contributed by atoms with E-state index in [2.05, 4.69) is 10.4 Å². The Kier molecular flexibility index (Phi) is 5.37. The van der Waals surface area contributed by atoms with Crippen LogP contribution in [0.3, 0.4) is 0 Å². The zero-order valence-corrected chi connectivity index (χ0v) is 12.6. The predicted molar refractivity (Wildman–Crippen MR) is 74.8 cm³/mol. The number of halogens is 2. The third-order valence-corrected chi connectivity index (χ3v) is 3.70. The minimum atomic E-state index is -1.57. The maximum absolute atomic E-state index is 15.1. The maximum atomic E-state index is 15.1. The second kappa shape index (κ2) is 6.85. The van der Waals surface area contributed by atoms with E-state index in [1.807, 2.05) is 0 Å². The number of nitrogens with one attached hydrogen (secondary N) is 1. The molecule has 1 aliphatic heterocycles. The molecule has 1 aromatic rings. The zero-order valence-electron chi connectivity index (χ0n) is 11.9.